The molecule has 0 aliphatic heterocycles. The Morgan fingerprint density at radius 3 is 2.39 bits per heavy atom. The summed E-state index contributed by atoms with van der Waals surface area (Å²) in [6.07, 6.45) is -3.14. The van der Waals surface area contributed by atoms with Crippen molar-refractivity contribution in [2.45, 2.75) is 33.0 Å². The Labute approximate surface area is 177 Å². The van der Waals surface area contributed by atoms with E-state index in [-0.39, 0.29) is 35.0 Å². The molecule has 2 aromatic rings. The molecule has 0 saturated heterocycles. The summed E-state index contributed by atoms with van der Waals surface area (Å²) in [5.74, 6) is -0.870. The summed E-state index contributed by atoms with van der Waals surface area (Å²) in [6, 6.07) is 5.12. The molecule has 2 heterocycles. The summed E-state index contributed by atoms with van der Waals surface area (Å²) in [5, 5.41) is 5.36. The molecule has 0 fully saturated rings. The smallest absolute Gasteiger partial charge is 0.422 e. The van der Waals surface area contributed by atoms with Gasteiger partial charge in [-0.2, -0.15) is 18.2 Å². The van der Waals surface area contributed by atoms with Crippen LogP contribution in [0.4, 0.5) is 19.0 Å². The van der Waals surface area contributed by atoms with E-state index in [0.29, 0.717) is 5.56 Å². The summed E-state index contributed by atoms with van der Waals surface area (Å²) in [7, 11) is 1.38. The largest absolute Gasteiger partial charge is 0.481 e. The Balaban J connectivity index is 2.09. The molecule has 0 radical (unpaired) electrons. The molecule has 11 heteroatoms. The number of aromatic nitrogens is 2. The minimum atomic E-state index is -4.46. The van der Waals surface area contributed by atoms with Gasteiger partial charge in [0, 0.05) is 29.8 Å². The Morgan fingerprint density at radius 1 is 1.13 bits per heavy atom. The minimum absolute atomic E-state index is 0.146. The Kier molecular flexibility index (Phi) is 7.78. The number of rotatable bonds is 8. The molecule has 8 nitrogen and oxygen atoms in total. The molecule has 31 heavy (non-hydrogen) atoms. The van der Waals surface area contributed by atoms with Gasteiger partial charge in [-0.3, -0.25) is 9.59 Å². The zero-order valence-electron chi connectivity index (χ0n) is 17.4. The second-order valence-corrected chi connectivity index (χ2v) is 6.96. The van der Waals surface area contributed by atoms with E-state index in [1.807, 2.05) is 0 Å². The van der Waals surface area contributed by atoms with E-state index in [1.54, 1.807) is 20.8 Å². The molecule has 2 amide bonds. The fourth-order valence-electron chi connectivity index (χ4n) is 2.33. The van der Waals surface area contributed by atoms with Gasteiger partial charge in [0.2, 0.25) is 17.7 Å². The van der Waals surface area contributed by atoms with Crippen molar-refractivity contribution >= 4 is 17.6 Å². The number of anilines is 1. The number of methoxy groups -OCH3 is 1. The monoisotopic (exact) mass is 440 g/mol. The highest BCUT2D eigenvalue weighted by molar-refractivity contribution is 5.97. The quantitative estimate of drug-likeness (QED) is 0.651. The number of halogens is 3. The first-order valence-electron chi connectivity index (χ1n) is 9.32. The average molecular weight is 440 g/mol. The number of nitrogens with zero attached hydrogens (tertiary/aromatic N) is 2. The highest BCUT2D eigenvalue weighted by Gasteiger charge is 2.28. The van der Waals surface area contributed by atoms with Crippen LogP contribution >= 0.6 is 0 Å². The molecule has 0 aromatic carbocycles. The Hall–Kier alpha value is -3.37. The van der Waals surface area contributed by atoms with Crippen molar-refractivity contribution in [3.8, 4) is 11.8 Å². The van der Waals surface area contributed by atoms with Gasteiger partial charge in [-0.05, 0) is 18.6 Å². The van der Waals surface area contributed by atoms with Crippen LogP contribution in [0.1, 0.15) is 42.7 Å². The maximum Gasteiger partial charge on any atom is 0.422 e. The van der Waals surface area contributed by atoms with Crippen LogP contribution in [-0.4, -0.2) is 41.7 Å². The number of hydrogen-bond acceptors (Lipinski definition) is 6. The summed E-state index contributed by atoms with van der Waals surface area (Å²) in [4.78, 5) is 32.5. The molecule has 0 spiro atoms. The van der Waals surface area contributed by atoms with Gasteiger partial charge in [-0.25, -0.2) is 4.98 Å². The van der Waals surface area contributed by atoms with Crippen LogP contribution in [-0.2, 0) is 4.79 Å². The van der Waals surface area contributed by atoms with E-state index in [9.17, 15) is 22.8 Å². The molecule has 2 N–H and O–H groups in total. The van der Waals surface area contributed by atoms with Crippen molar-refractivity contribution in [3.05, 3.63) is 41.6 Å². The predicted octanol–water partition coefficient (Wildman–Crippen LogP) is 3.51. The van der Waals surface area contributed by atoms with Gasteiger partial charge in [-0.15, -0.1) is 0 Å². The van der Waals surface area contributed by atoms with Crippen molar-refractivity contribution in [2.24, 2.45) is 5.92 Å². The van der Waals surface area contributed by atoms with Crippen molar-refractivity contribution in [3.63, 3.8) is 0 Å². The summed E-state index contributed by atoms with van der Waals surface area (Å²) in [5.41, 5.74) is 0.762. The third kappa shape index (κ3) is 7.43. The highest BCUT2D eigenvalue weighted by Crippen LogP contribution is 2.21. The van der Waals surface area contributed by atoms with Crippen LogP contribution in [0.5, 0.6) is 11.8 Å². The lowest BCUT2D eigenvalue weighted by Gasteiger charge is -2.16. The zero-order valence-corrected chi connectivity index (χ0v) is 17.4. The van der Waals surface area contributed by atoms with Gasteiger partial charge in [0.1, 0.15) is 5.82 Å². The molecule has 0 aliphatic carbocycles. The van der Waals surface area contributed by atoms with Crippen LogP contribution in [0, 0.1) is 5.92 Å². The van der Waals surface area contributed by atoms with Gasteiger partial charge < -0.3 is 20.1 Å². The number of alkyl halides is 3. The number of carbonyl (C=O) groups excluding carboxylic acids is 2. The number of carbonyl (C=O) groups is 2. The predicted molar refractivity (Wildman–Crippen MR) is 106 cm³/mol. The summed E-state index contributed by atoms with van der Waals surface area (Å²) >= 11 is 0. The third-order valence-electron chi connectivity index (χ3n) is 4.04. The van der Waals surface area contributed by atoms with Gasteiger partial charge in [0.25, 0.3) is 5.91 Å². The van der Waals surface area contributed by atoms with E-state index in [1.165, 1.54) is 37.6 Å². The molecule has 0 aliphatic rings. The molecule has 2 aromatic heterocycles. The fourth-order valence-corrected chi connectivity index (χ4v) is 2.33. The number of hydrogen-bond donors (Lipinski definition) is 2. The Bertz CT molecular complexity index is 918. The lowest BCUT2D eigenvalue weighted by atomic mass is 10.1. The van der Waals surface area contributed by atoms with E-state index in [0.717, 1.165) is 0 Å². The van der Waals surface area contributed by atoms with Gasteiger partial charge in [-0.1, -0.05) is 19.9 Å². The molecular formula is C20H23F3N4O4. The number of ether oxygens (including phenoxy) is 2. The van der Waals surface area contributed by atoms with Crippen molar-refractivity contribution in [1.29, 1.82) is 0 Å². The Morgan fingerprint density at radius 2 is 1.84 bits per heavy atom. The van der Waals surface area contributed by atoms with Crippen LogP contribution in [0.25, 0.3) is 0 Å². The summed E-state index contributed by atoms with van der Waals surface area (Å²) in [6.45, 7) is 3.69. The maximum absolute atomic E-state index is 12.7. The molecular weight excluding hydrogens is 417 g/mol. The maximum atomic E-state index is 12.7. The first-order valence-corrected chi connectivity index (χ1v) is 9.32. The number of amides is 2. The van der Waals surface area contributed by atoms with E-state index < -0.39 is 24.7 Å². The van der Waals surface area contributed by atoms with Gasteiger partial charge >= 0.3 is 6.18 Å². The molecule has 2 rings (SSSR count). The van der Waals surface area contributed by atoms with Gasteiger partial charge in [0.05, 0.1) is 13.2 Å². The normalized spacial score (nSPS) is 12.3. The van der Waals surface area contributed by atoms with Crippen LogP contribution in [0.3, 0.4) is 0 Å². The first-order chi connectivity index (χ1) is 14.5. The topological polar surface area (TPSA) is 102 Å². The fraction of sp³-hybridized carbons (Fsp3) is 0.400. The third-order valence-corrected chi connectivity index (χ3v) is 4.04. The molecule has 0 saturated carbocycles. The minimum Gasteiger partial charge on any atom is -0.481 e. The SMILES string of the molecule is COc1cc(C(=O)NC(C)c2ccc(OCC(F)(F)F)nc2)cc(NC(=O)C(C)C)n1. The standard InChI is InChI=1S/C20H23F3N4O4/c1-11(2)18(28)27-15-7-14(8-17(26-15)30-4)19(29)25-12(3)13-5-6-16(24-9-13)31-10-20(21,22)23/h5-9,11-12H,10H2,1-4H3,(H,25,29)(H,26,27,28). The zero-order chi connectivity index (χ0) is 23.2. The first kappa shape index (κ1) is 23.9. The highest BCUT2D eigenvalue weighted by atomic mass is 19.4. The molecule has 1 atom stereocenters. The lowest BCUT2D eigenvalue weighted by Crippen LogP contribution is -2.27. The second kappa shape index (κ2) is 10.1. The number of pyridine rings is 2. The molecule has 1 unspecified atom stereocenters. The average Bonchev–Trinajstić information content (AvgIpc) is 2.71. The second-order valence-electron chi connectivity index (χ2n) is 6.96. The lowest BCUT2D eigenvalue weighted by molar-refractivity contribution is -0.154. The van der Waals surface area contributed by atoms with Crippen molar-refractivity contribution < 1.29 is 32.2 Å². The van der Waals surface area contributed by atoms with Crippen LogP contribution < -0.4 is 20.1 Å². The van der Waals surface area contributed by atoms with E-state index >= 15 is 0 Å². The van der Waals surface area contributed by atoms with Crippen LogP contribution in [0.2, 0.25) is 0 Å². The summed E-state index contributed by atoms with van der Waals surface area (Å²) < 4.78 is 46.3. The number of nitrogens with one attached hydrogen (secondary N) is 2. The van der Waals surface area contributed by atoms with E-state index in [2.05, 4.69) is 25.3 Å². The van der Waals surface area contributed by atoms with E-state index in [4.69, 9.17) is 4.74 Å². The molecule has 0 bridgehead atoms. The van der Waals surface area contributed by atoms with Crippen molar-refractivity contribution in [2.75, 3.05) is 19.0 Å². The van der Waals surface area contributed by atoms with Crippen LogP contribution in [0.15, 0.2) is 30.5 Å². The molecule has 168 valence electrons. The van der Waals surface area contributed by atoms with Crippen molar-refractivity contribution in [1.82, 2.24) is 15.3 Å². The van der Waals surface area contributed by atoms with Gasteiger partial charge in [0.15, 0.2) is 6.61 Å².